The number of hydrogen-bond donors (Lipinski definition) is 2. The van der Waals surface area contributed by atoms with Crippen molar-refractivity contribution in [3.63, 3.8) is 0 Å². The summed E-state index contributed by atoms with van der Waals surface area (Å²) in [5.41, 5.74) is 7.05. The van der Waals surface area contributed by atoms with Crippen molar-refractivity contribution < 1.29 is 9.53 Å². The molecule has 3 rings (SSSR count). The number of hydrogen-bond acceptors (Lipinski definition) is 3. The highest BCUT2D eigenvalue weighted by Crippen LogP contribution is 2.25. The monoisotopic (exact) mass is 270 g/mol. The van der Waals surface area contributed by atoms with Crippen molar-refractivity contribution in [2.75, 3.05) is 12.8 Å². The lowest BCUT2D eigenvalue weighted by atomic mass is 9.89. The zero-order valence-electron chi connectivity index (χ0n) is 11.4. The fourth-order valence-corrected chi connectivity index (χ4v) is 2.59. The van der Waals surface area contributed by atoms with Crippen molar-refractivity contribution in [1.82, 2.24) is 5.32 Å². The minimum absolute atomic E-state index is 0.104. The van der Waals surface area contributed by atoms with Crippen molar-refractivity contribution in [3.8, 4) is 0 Å². The first-order valence-electron chi connectivity index (χ1n) is 6.79. The molecule has 4 heteroatoms. The number of nitrogens with one attached hydrogen (secondary N) is 1. The fourth-order valence-electron chi connectivity index (χ4n) is 2.59. The Kier molecular flexibility index (Phi) is 3.32. The van der Waals surface area contributed by atoms with E-state index in [0.717, 1.165) is 23.6 Å². The number of fused-ring (bicyclic) bond motifs is 1. The summed E-state index contributed by atoms with van der Waals surface area (Å²) in [7, 11) is 1.70. The molecule has 0 saturated heterocycles. The Bertz CT molecular complexity index is 648. The Balaban J connectivity index is 1.79. The van der Waals surface area contributed by atoms with Crippen molar-refractivity contribution in [3.05, 3.63) is 42.0 Å². The molecule has 1 aliphatic carbocycles. The van der Waals surface area contributed by atoms with Gasteiger partial charge in [0.25, 0.3) is 5.91 Å². The lowest BCUT2D eigenvalue weighted by Gasteiger charge is -2.34. The summed E-state index contributed by atoms with van der Waals surface area (Å²) >= 11 is 0. The summed E-state index contributed by atoms with van der Waals surface area (Å²) in [5.74, 6) is -0.104. The molecule has 0 aliphatic heterocycles. The molecule has 0 radical (unpaired) electrons. The van der Waals surface area contributed by atoms with Gasteiger partial charge in [-0.3, -0.25) is 4.79 Å². The molecule has 0 heterocycles. The van der Waals surface area contributed by atoms with Gasteiger partial charge in [0.2, 0.25) is 0 Å². The van der Waals surface area contributed by atoms with Crippen LogP contribution in [-0.4, -0.2) is 25.2 Å². The highest BCUT2D eigenvalue weighted by molar-refractivity contribution is 6.04. The van der Waals surface area contributed by atoms with Crippen LogP contribution in [0, 0.1) is 0 Å². The Morgan fingerprint density at radius 1 is 1.25 bits per heavy atom. The van der Waals surface area contributed by atoms with E-state index in [0.29, 0.717) is 11.3 Å². The minimum atomic E-state index is -0.104. The molecular formula is C16H18N2O2. The molecule has 1 aliphatic rings. The number of methoxy groups -OCH3 is 1. The molecule has 3 N–H and O–H groups in total. The van der Waals surface area contributed by atoms with E-state index in [4.69, 9.17) is 10.5 Å². The lowest BCUT2D eigenvalue weighted by Crippen LogP contribution is -2.47. The van der Waals surface area contributed by atoms with Crippen LogP contribution in [0.4, 0.5) is 5.69 Å². The molecular weight excluding hydrogens is 252 g/mol. The van der Waals surface area contributed by atoms with E-state index in [1.807, 2.05) is 36.4 Å². The molecule has 2 aromatic rings. The average molecular weight is 270 g/mol. The zero-order valence-corrected chi connectivity index (χ0v) is 11.4. The van der Waals surface area contributed by atoms with E-state index < -0.39 is 0 Å². The second-order valence-electron chi connectivity index (χ2n) is 5.29. The van der Waals surface area contributed by atoms with Gasteiger partial charge in [-0.1, -0.05) is 24.3 Å². The highest BCUT2D eigenvalue weighted by atomic mass is 16.5. The number of ether oxygens (including phenoxy) is 1. The van der Waals surface area contributed by atoms with E-state index in [1.165, 1.54) is 0 Å². The standard InChI is InChI=1S/C16H18N2O2/c1-20-13-8-12(9-13)18-16(19)14-6-10-4-2-3-5-11(10)7-15(14)17/h2-7,12-13H,8-9,17H2,1H3,(H,18,19). The SMILES string of the molecule is COC1CC(NC(=O)c2cc3ccccc3cc2N)C1. The number of rotatable bonds is 3. The van der Waals surface area contributed by atoms with Crippen molar-refractivity contribution in [2.45, 2.75) is 25.0 Å². The van der Waals surface area contributed by atoms with E-state index >= 15 is 0 Å². The summed E-state index contributed by atoms with van der Waals surface area (Å²) in [6, 6.07) is 11.8. The Morgan fingerprint density at radius 3 is 2.55 bits per heavy atom. The maximum absolute atomic E-state index is 12.3. The van der Waals surface area contributed by atoms with Crippen molar-refractivity contribution >= 4 is 22.4 Å². The smallest absolute Gasteiger partial charge is 0.253 e. The topological polar surface area (TPSA) is 64.3 Å². The number of benzene rings is 2. The van der Waals surface area contributed by atoms with Gasteiger partial charge in [-0.15, -0.1) is 0 Å². The summed E-state index contributed by atoms with van der Waals surface area (Å²) in [5, 5.41) is 5.07. The van der Waals surface area contributed by atoms with E-state index in [2.05, 4.69) is 5.32 Å². The van der Waals surface area contributed by atoms with Crippen molar-refractivity contribution in [2.24, 2.45) is 0 Å². The number of anilines is 1. The number of amides is 1. The van der Waals surface area contributed by atoms with Gasteiger partial charge in [-0.25, -0.2) is 0 Å². The molecule has 1 saturated carbocycles. The lowest BCUT2D eigenvalue weighted by molar-refractivity contribution is 0.0176. The Labute approximate surface area is 117 Å². The molecule has 2 aromatic carbocycles. The molecule has 1 fully saturated rings. The number of carbonyl (C=O) groups is 1. The Hall–Kier alpha value is -2.07. The minimum Gasteiger partial charge on any atom is -0.398 e. The average Bonchev–Trinajstić information content (AvgIpc) is 2.41. The molecule has 0 spiro atoms. The largest absolute Gasteiger partial charge is 0.398 e. The van der Waals surface area contributed by atoms with Crippen LogP contribution in [0.3, 0.4) is 0 Å². The van der Waals surface area contributed by atoms with Gasteiger partial charge in [0.05, 0.1) is 11.7 Å². The number of nitrogen functional groups attached to an aromatic ring is 1. The van der Waals surface area contributed by atoms with Crippen LogP contribution < -0.4 is 11.1 Å². The predicted octanol–water partition coefficient (Wildman–Crippen LogP) is 2.33. The fraction of sp³-hybridized carbons (Fsp3) is 0.312. The van der Waals surface area contributed by atoms with Gasteiger partial charge in [-0.05, 0) is 35.7 Å². The van der Waals surface area contributed by atoms with E-state index in [9.17, 15) is 4.79 Å². The molecule has 1 amide bonds. The van der Waals surface area contributed by atoms with Crippen molar-refractivity contribution in [1.29, 1.82) is 0 Å². The summed E-state index contributed by atoms with van der Waals surface area (Å²) in [4.78, 5) is 12.3. The van der Waals surface area contributed by atoms with Gasteiger partial charge in [0.1, 0.15) is 0 Å². The zero-order chi connectivity index (χ0) is 14.1. The van der Waals surface area contributed by atoms with Gasteiger partial charge in [-0.2, -0.15) is 0 Å². The van der Waals surface area contributed by atoms with Crippen LogP contribution in [0.15, 0.2) is 36.4 Å². The molecule has 0 bridgehead atoms. The quantitative estimate of drug-likeness (QED) is 0.841. The van der Waals surface area contributed by atoms with E-state index in [-0.39, 0.29) is 18.1 Å². The molecule has 104 valence electrons. The predicted molar refractivity (Wildman–Crippen MR) is 79.6 cm³/mol. The molecule has 0 aromatic heterocycles. The number of nitrogens with two attached hydrogens (primary N) is 1. The van der Waals surface area contributed by atoms with Crippen LogP contribution in [0.2, 0.25) is 0 Å². The first-order valence-corrected chi connectivity index (χ1v) is 6.79. The highest BCUT2D eigenvalue weighted by Gasteiger charge is 2.30. The van der Waals surface area contributed by atoms with Gasteiger partial charge in [0.15, 0.2) is 0 Å². The first kappa shape index (κ1) is 12.9. The maximum atomic E-state index is 12.3. The van der Waals surface area contributed by atoms with Gasteiger partial charge < -0.3 is 15.8 Å². The third kappa shape index (κ3) is 2.34. The van der Waals surface area contributed by atoms with Crippen LogP contribution >= 0.6 is 0 Å². The second kappa shape index (κ2) is 5.13. The summed E-state index contributed by atoms with van der Waals surface area (Å²) < 4.78 is 5.21. The number of carbonyl (C=O) groups excluding carboxylic acids is 1. The van der Waals surface area contributed by atoms with Crippen LogP contribution in [0.5, 0.6) is 0 Å². The maximum Gasteiger partial charge on any atom is 0.253 e. The third-order valence-electron chi connectivity index (χ3n) is 3.93. The normalized spacial score (nSPS) is 21.4. The second-order valence-corrected chi connectivity index (χ2v) is 5.29. The van der Waals surface area contributed by atoms with Gasteiger partial charge in [0, 0.05) is 18.8 Å². The molecule has 20 heavy (non-hydrogen) atoms. The third-order valence-corrected chi connectivity index (χ3v) is 3.93. The van der Waals surface area contributed by atoms with Crippen LogP contribution in [0.25, 0.3) is 10.8 Å². The van der Waals surface area contributed by atoms with Gasteiger partial charge >= 0.3 is 0 Å². The van der Waals surface area contributed by atoms with E-state index in [1.54, 1.807) is 7.11 Å². The summed E-state index contributed by atoms with van der Waals surface area (Å²) in [6.45, 7) is 0. The van der Waals surface area contributed by atoms with Crippen LogP contribution in [-0.2, 0) is 4.74 Å². The van der Waals surface area contributed by atoms with Crippen LogP contribution in [0.1, 0.15) is 23.2 Å². The molecule has 0 unspecified atom stereocenters. The first-order chi connectivity index (χ1) is 9.67. The molecule has 4 nitrogen and oxygen atoms in total. The molecule has 0 atom stereocenters. The summed E-state index contributed by atoms with van der Waals surface area (Å²) in [6.07, 6.45) is 2.01. The Morgan fingerprint density at radius 2 is 1.90 bits per heavy atom.